The molecule has 3 heterocycles. The normalized spacial score (nSPS) is 14.7. The lowest BCUT2D eigenvalue weighted by Gasteiger charge is -2.33. The summed E-state index contributed by atoms with van der Waals surface area (Å²) in [6.07, 6.45) is 4.36. The van der Waals surface area contributed by atoms with Crippen molar-refractivity contribution in [2.24, 2.45) is 7.05 Å². The number of nitrogens with zero attached hydrogens (tertiary/aromatic N) is 6. The van der Waals surface area contributed by atoms with Crippen molar-refractivity contribution in [2.45, 2.75) is 18.9 Å². The first-order valence-electron chi connectivity index (χ1n) is 9.30. The summed E-state index contributed by atoms with van der Waals surface area (Å²) in [6.45, 7) is 1.30. The molecule has 9 heteroatoms. The molecule has 0 atom stereocenters. The molecule has 9 nitrogen and oxygen atoms in total. The van der Waals surface area contributed by atoms with Gasteiger partial charge >= 0.3 is 11.1 Å². The third-order valence-corrected chi connectivity index (χ3v) is 5.39. The molecule has 0 bridgehead atoms. The highest BCUT2D eigenvalue weighted by Crippen LogP contribution is 2.27. The van der Waals surface area contributed by atoms with Gasteiger partial charge in [-0.15, -0.1) is 0 Å². The maximum atomic E-state index is 12.8. The van der Waals surface area contributed by atoms with Gasteiger partial charge in [0.05, 0.1) is 36.1 Å². The molecule has 1 fully saturated rings. The molecular weight excluding hydrogens is 372 g/mol. The summed E-state index contributed by atoms with van der Waals surface area (Å²) in [6, 6.07) is 7.30. The minimum Gasteiger partial charge on any atom is -0.497 e. The SMILES string of the molecule is COc1ccc2c(c1)n(C)c(=O)c(=O)n2C1CCN(c2ncc(C#N)cn2)CC1. The zero-order valence-electron chi connectivity index (χ0n) is 16.2. The number of hydrogen-bond acceptors (Lipinski definition) is 7. The Kier molecular flexibility index (Phi) is 4.76. The molecule has 1 aliphatic rings. The van der Waals surface area contributed by atoms with Crippen molar-refractivity contribution in [2.75, 3.05) is 25.1 Å². The highest BCUT2D eigenvalue weighted by molar-refractivity contribution is 5.77. The van der Waals surface area contributed by atoms with Gasteiger partial charge in [-0.1, -0.05) is 0 Å². The van der Waals surface area contributed by atoms with Crippen LogP contribution in [0.3, 0.4) is 0 Å². The molecule has 148 valence electrons. The lowest BCUT2D eigenvalue weighted by atomic mass is 10.0. The number of rotatable bonds is 3. The summed E-state index contributed by atoms with van der Waals surface area (Å²) in [5, 5.41) is 8.88. The second-order valence-electron chi connectivity index (χ2n) is 7.00. The van der Waals surface area contributed by atoms with Gasteiger partial charge < -0.3 is 14.2 Å². The summed E-state index contributed by atoms with van der Waals surface area (Å²) in [5.41, 5.74) is 0.719. The molecule has 0 radical (unpaired) electrons. The maximum absolute atomic E-state index is 12.8. The molecule has 2 aromatic heterocycles. The van der Waals surface area contributed by atoms with Crippen LogP contribution in [0.25, 0.3) is 11.0 Å². The van der Waals surface area contributed by atoms with Gasteiger partial charge in [-0.25, -0.2) is 9.97 Å². The van der Waals surface area contributed by atoms with Crippen LogP contribution in [0, 0.1) is 11.3 Å². The number of methoxy groups -OCH3 is 1. The molecule has 0 unspecified atom stereocenters. The lowest BCUT2D eigenvalue weighted by Crippen LogP contribution is -2.45. The number of ether oxygens (including phenoxy) is 1. The minimum atomic E-state index is -0.552. The molecule has 0 N–H and O–H groups in total. The fourth-order valence-electron chi connectivity index (χ4n) is 3.80. The first-order valence-corrected chi connectivity index (χ1v) is 9.30. The largest absolute Gasteiger partial charge is 0.497 e. The Balaban J connectivity index is 1.67. The van der Waals surface area contributed by atoms with E-state index in [4.69, 9.17) is 10.00 Å². The highest BCUT2D eigenvalue weighted by atomic mass is 16.5. The van der Waals surface area contributed by atoms with Gasteiger partial charge in [0.2, 0.25) is 5.95 Å². The Hall–Kier alpha value is -3.67. The Bertz CT molecular complexity index is 1210. The van der Waals surface area contributed by atoms with Crippen molar-refractivity contribution in [1.29, 1.82) is 5.26 Å². The molecule has 3 aromatic rings. The predicted octanol–water partition coefficient (Wildman–Crippen LogP) is 1.21. The average molecular weight is 392 g/mol. The van der Waals surface area contributed by atoms with Crippen LogP contribution in [-0.4, -0.2) is 39.3 Å². The number of piperidine rings is 1. The molecule has 1 aliphatic heterocycles. The summed E-state index contributed by atoms with van der Waals surface area (Å²) in [5.74, 6) is 1.19. The first-order chi connectivity index (χ1) is 14.0. The number of hydrogen-bond donors (Lipinski definition) is 0. The second kappa shape index (κ2) is 7.39. The van der Waals surface area contributed by atoms with Crippen LogP contribution in [0.4, 0.5) is 5.95 Å². The van der Waals surface area contributed by atoms with E-state index < -0.39 is 11.1 Å². The van der Waals surface area contributed by atoms with Gasteiger partial charge in [0.1, 0.15) is 11.8 Å². The fraction of sp³-hybridized carbons (Fsp3) is 0.350. The third kappa shape index (κ3) is 3.23. The van der Waals surface area contributed by atoms with E-state index in [1.165, 1.54) is 17.0 Å². The Morgan fingerprint density at radius 2 is 1.79 bits per heavy atom. The fourth-order valence-corrected chi connectivity index (χ4v) is 3.80. The maximum Gasteiger partial charge on any atom is 0.317 e. The number of benzene rings is 1. The van der Waals surface area contributed by atoms with E-state index in [9.17, 15) is 9.59 Å². The van der Waals surface area contributed by atoms with E-state index in [0.717, 1.165) is 0 Å². The molecule has 0 spiro atoms. The molecule has 0 aliphatic carbocycles. The minimum absolute atomic E-state index is 0.0954. The van der Waals surface area contributed by atoms with Gasteiger partial charge in [0.25, 0.3) is 0 Å². The van der Waals surface area contributed by atoms with Gasteiger partial charge in [-0.2, -0.15) is 5.26 Å². The first kappa shape index (κ1) is 18.7. The van der Waals surface area contributed by atoms with Crippen LogP contribution in [0.2, 0.25) is 0 Å². The topological polar surface area (TPSA) is 106 Å². The van der Waals surface area contributed by atoms with Crippen molar-refractivity contribution in [3.05, 3.63) is 56.9 Å². The van der Waals surface area contributed by atoms with E-state index in [-0.39, 0.29) is 6.04 Å². The molecule has 29 heavy (non-hydrogen) atoms. The van der Waals surface area contributed by atoms with Crippen molar-refractivity contribution in [3.63, 3.8) is 0 Å². The predicted molar refractivity (Wildman–Crippen MR) is 107 cm³/mol. The standard InChI is InChI=1S/C20H20N6O3/c1-24-17-9-15(29-2)3-4-16(17)26(19(28)18(24)27)14-5-7-25(8-6-14)20-22-11-13(10-21)12-23-20/h3-4,9,11-12,14H,5-8H2,1-2H3. The average Bonchev–Trinajstić information content (AvgIpc) is 2.78. The van der Waals surface area contributed by atoms with Gasteiger partial charge in [0.15, 0.2) is 0 Å². The molecule has 0 saturated carbocycles. The third-order valence-electron chi connectivity index (χ3n) is 5.39. The van der Waals surface area contributed by atoms with Crippen LogP contribution in [0.5, 0.6) is 5.75 Å². The van der Waals surface area contributed by atoms with Crippen LogP contribution >= 0.6 is 0 Å². The van der Waals surface area contributed by atoms with Crippen LogP contribution < -0.4 is 20.8 Å². The number of anilines is 1. The number of nitriles is 1. The highest BCUT2D eigenvalue weighted by Gasteiger charge is 2.25. The molecule has 1 aromatic carbocycles. The van der Waals surface area contributed by atoms with Gasteiger partial charge in [0, 0.05) is 32.2 Å². The zero-order valence-corrected chi connectivity index (χ0v) is 16.2. The summed E-state index contributed by atoms with van der Waals surface area (Å²) in [7, 11) is 3.16. The summed E-state index contributed by atoms with van der Waals surface area (Å²) >= 11 is 0. The molecule has 4 rings (SSSR count). The quantitative estimate of drug-likeness (QED) is 0.617. The van der Waals surface area contributed by atoms with E-state index in [0.29, 0.717) is 54.2 Å². The van der Waals surface area contributed by atoms with E-state index in [1.54, 1.807) is 30.9 Å². The van der Waals surface area contributed by atoms with Crippen LogP contribution in [0.15, 0.2) is 40.2 Å². The Morgan fingerprint density at radius 3 is 2.41 bits per heavy atom. The van der Waals surface area contributed by atoms with Gasteiger partial charge in [-0.05, 0) is 25.0 Å². The van der Waals surface area contributed by atoms with E-state index >= 15 is 0 Å². The van der Waals surface area contributed by atoms with Gasteiger partial charge in [-0.3, -0.25) is 14.2 Å². The monoisotopic (exact) mass is 392 g/mol. The summed E-state index contributed by atoms with van der Waals surface area (Å²) < 4.78 is 8.26. The molecule has 1 saturated heterocycles. The number of fused-ring (bicyclic) bond motifs is 1. The van der Waals surface area contributed by atoms with E-state index in [2.05, 4.69) is 9.97 Å². The van der Waals surface area contributed by atoms with Crippen LogP contribution in [-0.2, 0) is 7.05 Å². The van der Waals surface area contributed by atoms with Crippen molar-refractivity contribution < 1.29 is 4.74 Å². The van der Waals surface area contributed by atoms with Crippen molar-refractivity contribution in [1.82, 2.24) is 19.1 Å². The lowest BCUT2D eigenvalue weighted by molar-refractivity contribution is 0.390. The number of aryl methyl sites for hydroxylation is 1. The molecule has 0 amide bonds. The van der Waals surface area contributed by atoms with Crippen LogP contribution in [0.1, 0.15) is 24.4 Å². The Morgan fingerprint density at radius 1 is 1.10 bits per heavy atom. The van der Waals surface area contributed by atoms with Crippen molar-refractivity contribution >= 4 is 17.0 Å². The second-order valence-corrected chi connectivity index (χ2v) is 7.00. The molecular formula is C20H20N6O3. The summed E-state index contributed by atoms with van der Waals surface area (Å²) in [4.78, 5) is 35.8. The zero-order chi connectivity index (χ0) is 20.5. The van der Waals surface area contributed by atoms with Crippen molar-refractivity contribution in [3.8, 4) is 11.8 Å². The Labute approximate surface area is 166 Å². The van der Waals surface area contributed by atoms with E-state index in [1.807, 2.05) is 17.0 Å². The number of aromatic nitrogens is 4. The smallest absolute Gasteiger partial charge is 0.317 e.